The van der Waals surface area contributed by atoms with Crippen LogP contribution in [0.2, 0.25) is 0 Å². The molecule has 1 N–H and O–H groups in total. The molecule has 0 atom stereocenters. The van der Waals surface area contributed by atoms with E-state index < -0.39 is 0 Å². The zero-order chi connectivity index (χ0) is 19.6. The van der Waals surface area contributed by atoms with E-state index in [0.29, 0.717) is 12.3 Å². The fraction of sp³-hybridized carbons (Fsp3) is 0.364. The molecule has 2 aromatic rings. The molecule has 5 heteroatoms. The Hall–Kier alpha value is -2.27. The van der Waals surface area contributed by atoms with Gasteiger partial charge in [0.05, 0.1) is 17.5 Å². The van der Waals surface area contributed by atoms with Crippen LogP contribution in [0, 0.1) is 0 Å². The normalized spacial score (nSPS) is 10.9. The molecule has 2 aromatic carbocycles. The Morgan fingerprint density at radius 3 is 1.93 bits per heavy atom. The zero-order valence-electron chi connectivity index (χ0n) is 16.2. The summed E-state index contributed by atoms with van der Waals surface area (Å²) in [5.41, 5.74) is 2.34. The topological polar surface area (TPSA) is 49.4 Å². The van der Waals surface area contributed by atoms with E-state index in [2.05, 4.69) is 29.6 Å². The second-order valence-electron chi connectivity index (χ2n) is 6.64. The molecule has 0 saturated carbocycles. The lowest BCUT2D eigenvalue weighted by atomic mass is 10.0. The monoisotopic (exact) mass is 384 g/mol. The van der Waals surface area contributed by atoms with Crippen LogP contribution >= 0.6 is 11.8 Å². The maximum absolute atomic E-state index is 12.7. The standard InChI is InChI=1S/C22H28N2O2S/c1-4-24(15-20(25)23-17(2)3)21(26)16-27-22(18-11-7-5-8-12-18)19-13-9-6-10-14-19/h5-14,17,22H,4,15-16H2,1-3H3,(H,23,25). The summed E-state index contributed by atoms with van der Waals surface area (Å²) >= 11 is 1.60. The van der Waals surface area contributed by atoms with Crippen molar-refractivity contribution < 1.29 is 9.59 Å². The quantitative estimate of drug-likeness (QED) is 0.714. The molecule has 2 rings (SSSR count). The van der Waals surface area contributed by atoms with Crippen molar-refractivity contribution in [3.8, 4) is 0 Å². The van der Waals surface area contributed by atoms with Crippen molar-refractivity contribution in [2.75, 3.05) is 18.8 Å². The Morgan fingerprint density at radius 1 is 0.963 bits per heavy atom. The van der Waals surface area contributed by atoms with Crippen molar-refractivity contribution in [3.63, 3.8) is 0 Å². The van der Waals surface area contributed by atoms with Crippen LogP contribution in [0.4, 0.5) is 0 Å². The molecule has 0 fully saturated rings. The highest BCUT2D eigenvalue weighted by molar-refractivity contribution is 8.00. The highest BCUT2D eigenvalue weighted by atomic mass is 32.2. The molecule has 0 bridgehead atoms. The summed E-state index contributed by atoms with van der Waals surface area (Å²) in [6.45, 7) is 6.35. The van der Waals surface area contributed by atoms with Gasteiger partial charge in [0.2, 0.25) is 11.8 Å². The van der Waals surface area contributed by atoms with Gasteiger partial charge in [0, 0.05) is 12.6 Å². The molecule has 2 amide bonds. The molecule has 0 aromatic heterocycles. The van der Waals surface area contributed by atoms with Crippen LogP contribution in [0.3, 0.4) is 0 Å². The highest BCUT2D eigenvalue weighted by Crippen LogP contribution is 2.35. The van der Waals surface area contributed by atoms with E-state index >= 15 is 0 Å². The molecule has 0 aliphatic carbocycles. The fourth-order valence-electron chi connectivity index (χ4n) is 2.80. The van der Waals surface area contributed by atoms with Crippen molar-refractivity contribution in [2.45, 2.75) is 32.1 Å². The average Bonchev–Trinajstić information content (AvgIpc) is 2.67. The van der Waals surface area contributed by atoms with Gasteiger partial charge in [-0.1, -0.05) is 60.7 Å². The fourth-order valence-corrected chi connectivity index (χ4v) is 3.99. The van der Waals surface area contributed by atoms with Crippen LogP contribution in [-0.2, 0) is 9.59 Å². The van der Waals surface area contributed by atoms with E-state index in [4.69, 9.17) is 0 Å². The third-order valence-electron chi connectivity index (χ3n) is 4.10. The minimum Gasteiger partial charge on any atom is -0.352 e. The third kappa shape index (κ3) is 6.75. The van der Waals surface area contributed by atoms with E-state index in [9.17, 15) is 9.59 Å². The molecule has 0 unspecified atom stereocenters. The van der Waals surface area contributed by atoms with Gasteiger partial charge in [-0.25, -0.2) is 0 Å². The summed E-state index contributed by atoms with van der Waals surface area (Å²) in [7, 11) is 0. The maximum atomic E-state index is 12.7. The maximum Gasteiger partial charge on any atom is 0.239 e. The third-order valence-corrected chi connectivity index (χ3v) is 5.39. The van der Waals surface area contributed by atoms with Gasteiger partial charge in [-0.05, 0) is 31.9 Å². The van der Waals surface area contributed by atoms with Gasteiger partial charge in [-0.3, -0.25) is 9.59 Å². The number of hydrogen-bond acceptors (Lipinski definition) is 3. The number of thioether (sulfide) groups is 1. The van der Waals surface area contributed by atoms with Gasteiger partial charge >= 0.3 is 0 Å². The summed E-state index contributed by atoms with van der Waals surface area (Å²) < 4.78 is 0. The van der Waals surface area contributed by atoms with Crippen LogP contribution in [0.1, 0.15) is 37.1 Å². The molecular weight excluding hydrogens is 356 g/mol. The van der Waals surface area contributed by atoms with Gasteiger partial charge in [0.25, 0.3) is 0 Å². The lowest BCUT2D eigenvalue weighted by molar-refractivity contribution is -0.134. The van der Waals surface area contributed by atoms with E-state index in [-0.39, 0.29) is 29.7 Å². The number of nitrogens with zero attached hydrogens (tertiary/aromatic N) is 1. The molecule has 0 saturated heterocycles. The summed E-state index contributed by atoms with van der Waals surface area (Å²) in [5, 5.41) is 2.92. The molecule has 144 valence electrons. The summed E-state index contributed by atoms with van der Waals surface area (Å²) in [6, 6.07) is 20.5. The van der Waals surface area contributed by atoms with Crippen LogP contribution in [-0.4, -0.2) is 41.6 Å². The van der Waals surface area contributed by atoms with Crippen molar-refractivity contribution in [3.05, 3.63) is 71.8 Å². The first-order valence-electron chi connectivity index (χ1n) is 9.29. The van der Waals surface area contributed by atoms with Crippen LogP contribution in [0.15, 0.2) is 60.7 Å². The Kier molecular flexibility index (Phi) is 8.40. The van der Waals surface area contributed by atoms with Crippen molar-refractivity contribution in [2.24, 2.45) is 0 Å². The predicted octanol–water partition coefficient (Wildman–Crippen LogP) is 3.88. The minimum absolute atomic E-state index is 0.0155. The highest BCUT2D eigenvalue weighted by Gasteiger charge is 2.20. The largest absolute Gasteiger partial charge is 0.352 e. The van der Waals surface area contributed by atoms with Gasteiger partial charge in [0.1, 0.15) is 0 Å². The molecule has 0 aliphatic rings. The van der Waals surface area contributed by atoms with Gasteiger partial charge in [-0.15, -0.1) is 11.8 Å². The lowest BCUT2D eigenvalue weighted by Gasteiger charge is -2.23. The number of likely N-dealkylation sites (N-methyl/N-ethyl adjacent to an activating group) is 1. The molecule has 0 radical (unpaired) electrons. The summed E-state index contributed by atoms with van der Waals surface area (Å²) in [6.07, 6.45) is 0. The number of hydrogen-bond donors (Lipinski definition) is 1. The van der Waals surface area contributed by atoms with Crippen LogP contribution in [0.25, 0.3) is 0 Å². The van der Waals surface area contributed by atoms with E-state index in [1.807, 2.05) is 57.2 Å². The summed E-state index contributed by atoms with van der Waals surface area (Å²) in [5.74, 6) is 0.197. The Bertz CT molecular complexity index is 680. The van der Waals surface area contributed by atoms with Crippen molar-refractivity contribution >= 4 is 23.6 Å². The predicted molar refractivity (Wildman–Crippen MR) is 113 cm³/mol. The van der Waals surface area contributed by atoms with E-state index in [0.717, 1.165) is 0 Å². The average molecular weight is 385 g/mol. The molecule has 0 aliphatic heterocycles. The number of benzene rings is 2. The first kappa shape index (κ1) is 21.0. The van der Waals surface area contributed by atoms with Gasteiger partial charge in [-0.2, -0.15) is 0 Å². The van der Waals surface area contributed by atoms with Crippen molar-refractivity contribution in [1.82, 2.24) is 10.2 Å². The first-order chi connectivity index (χ1) is 13.0. The van der Waals surface area contributed by atoms with E-state index in [1.165, 1.54) is 11.1 Å². The Balaban J connectivity index is 2.05. The van der Waals surface area contributed by atoms with Crippen LogP contribution < -0.4 is 5.32 Å². The molecule has 0 spiro atoms. The minimum atomic E-state index is -0.118. The van der Waals surface area contributed by atoms with E-state index in [1.54, 1.807) is 16.7 Å². The second-order valence-corrected chi connectivity index (χ2v) is 7.74. The Morgan fingerprint density at radius 2 is 1.48 bits per heavy atom. The lowest BCUT2D eigenvalue weighted by Crippen LogP contribution is -2.43. The molecule has 27 heavy (non-hydrogen) atoms. The summed E-state index contributed by atoms with van der Waals surface area (Å²) in [4.78, 5) is 26.3. The number of rotatable bonds is 9. The SMILES string of the molecule is CCN(CC(=O)NC(C)C)C(=O)CSC(c1ccccc1)c1ccccc1. The number of carbonyl (C=O) groups excluding carboxylic acids is 2. The molecule has 4 nitrogen and oxygen atoms in total. The molecular formula is C22H28N2O2S. The number of amides is 2. The van der Waals surface area contributed by atoms with Gasteiger partial charge in [0.15, 0.2) is 0 Å². The number of carbonyl (C=O) groups is 2. The van der Waals surface area contributed by atoms with Crippen molar-refractivity contribution in [1.29, 1.82) is 0 Å². The zero-order valence-corrected chi connectivity index (χ0v) is 17.0. The second kappa shape index (κ2) is 10.8. The molecule has 0 heterocycles. The smallest absolute Gasteiger partial charge is 0.239 e. The number of nitrogens with one attached hydrogen (secondary N) is 1. The van der Waals surface area contributed by atoms with Gasteiger partial charge < -0.3 is 10.2 Å². The Labute approximate surface area is 166 Å². The first-order valence-corrected chi connectivity index (χ1v) is 10.3. The van der Waals surface area contributed by atoms with Crippen LogP contribution in [0.5, 0.6) is 0 Å².